The van der Waals surface area contributed by atoms with Crippen molar-refractivity contribution in [3.63, 3.8) is 0 Å². The van der Waals surface area contributed by atoms with Crippen molar-refractivity contribution in [2.75, 3.05) is 12.0 Å². The van der Waals surface area contributed by atoms with Gasteiger partial charge in [-0.2, -0.15) is 0 Å². The predicted molar refractivity (Wildman–Crippen MR) is 111 cm³/mol. The van der Waals surface area contributed by atoms with Crippen LogP contribution in [0, 0.1) is 0 Å². The number of hydrogen-bond acceptors (Lipinski definition) is 8. The quantitative estimate of drug-likeness (QED) is 0.499. The van der Waals surface area contributed by atoms with E-state index in [2.05, 4.69) is 15.2 Å². The highest BCUT2D eigenvalue weighted by Gasteiger charge is 2.45. The summed E-state index contributed by atoms with van der Waals surface area (Å²) in [6.45, 7) is 1.97. The first-order valence-corrected chi connectivity index (χ1v) is 10.1. The average molecular weight is 420 g/mol. The van der Waals surface area contributed by atoms with Gasteiger partial charge in [0.2, 0.25) is 10.9 Å². The number of carbonyl (C=O) groups is 1. The Kier molecular flexibility index (Phi) is 4.32. The fraction of sp³-hybridized carbons (Fsp3) is 0.190. The number of fused-ring (bicyclic) bond motifs is 2. The number of methoxy groups -OCH3 is 1. The Morgan fingerprint density at radius 3 is 2.67 bits per heavy atom. The number of carbonyl (C=O) groups excluding carboxylic acids is 1. The summed E-state index contributed by atoms with van der Waals surface area (Å²) in [6.07, 6.45) is 3.95. The molecule has 0 bridgehead atoms. The molecule has 4 heterocycles. The van der Waals surface area contributed by atoms with Crippen LogP contribution in [0.4, 0.5) is 5.13 Å². The summed E-state index contributed by atoms with van der Waals surface area (Å²) in [7, 11) is 1.53. The molecule has 150 valence electrons. The molecule has 1 aliphatic heterocycles. The van der Waals surface area contributed by atoms with Gasteiger partial charge in [0.15, 0.2) is 5.43 Å². The Morgan fingerprint density at radius 2 is 1.97 bits per heavy atom. The van der Waals surface area contributed by atoms with Gasteiger partial charge < -0.3 is 9.15 Å². The number of amides is 1. The summed E-state index contributed by atoms with van der Waals surface area (Å²) in [6, 6.07) is 7.83. The van der Waals surface area contributed by atoms with Gasteiger partial charge >= 0.3 is 0 Å². The first kappa shape index (κ1) is 18.4. The van der Waals surface area contributed by atoms with E-state index in [1.54, 1.807) is 42.7 Å². The van der Waals surface area contributed by atoms with Crippen LogP contribution in [0.3, 0.4) is 0 Å². The van der Waals surface area contributed by atoms with Gasteiger partial charge in [-0.05, 0) is 36.2 Å². The maximum Gasteiger partial charge on any atom is 0.297 e. The van der Waals surface area contributed by atoms with Crippen LogP contribution in [0.5, 0.6) is 5.75 Å². The van der Waals surface area contributed by atoms with Crippen LogP contribution in [-0.2, 0) is 6.42 Å². The largest absolute Gasteiger partial charge is 0.497 e. The van der Waals surface area contributed by atoms with Crippen molar-refractivity contribution in [2.24, 2.45) is 0 Å². The van der Waals surface area contributed by atoms with E-state index in [0.717, 1.165) is 10.6 Å². The monoisotopic (exact) mass is 420 g/mol. The highest BCUT2D eigenvalue weighted by atomic mass is 32.1. The third-order valence-corrected chi connectivity index (χ3v) is 6.13. The zero-order chi connectivity index (χ0) is 20.8. The highest BCUT2D eigenvalue weighted by molar-refractivity contribution is 7.15. The standard InChI is InChI=1S/C21H16N4O4S/c1-3-15-23-24-21(30-15)25-17(11-6-8-22-9-7-11)16-18(26)13-5-4-12(28-2)10-14(13)29-19(16)20(25)27/h4-10,17H,3H2,1-2H3. The van der Waals surface area contributed by atoms with E-state index in [-0.39, 0.29) is 16.8 Å². The van der Waals surface area contributed by atoms with Gasteiger partial charge in [0, 0.05) is 18.5 Å². The fourth-order valence-corrected chi connectivity index (χ4v) is 4.43. The van der Waals surface area contributed by atoms with Crippen LogP contribution in [0.25, 0.3) is 11.0 Å². The van der Waals surface area contributed by atoms with E-state index in [1.807, 2.05) is 6.92 Å². The molecule has 1 unspecified atom stereocenters. The van der Waals surface area contributed by atoms with Crippen molar-refractivity contribution >= 4 is 33.3 Å². The number of benzene rings is 1. The van der Waals surface area contributed by atoms with Crippen LogP contribution in [-0.4, -0.2) is 28.2 Å². The van der Waals surface area contributed by atoms with Gasteiger partial charge in [0.1, 0.15) is 16.3 Å². The molecule has 30 heavy (non-hydrogen) atoms. The van der Waals surface area contributed by atoms with Crippen molar-refractivity contribution in [3.8, 4) is 5.75 Å². The van der Waals surface area contributed by atoms with Crippen molar-refractivity contribution in [3.05, 3.63) is 74.8 Å². The minimum Gasteiger partial charge on any atom is -0.497 e. The molecule has 8 nitrogen and oxygen atoms in total. The molecule has 0 saturated heterocycles. The number of anilines is 1. The molecule has 3 aromatic heterocycles. The summed E-state index contributed by atoms with van der Waals surface area (Å²) >= 11 is 1.32. The van der Waals surface area contributed by atoms with Crippen LogP contribution in [0.2, 0.25) is 0 Å². The summed E-state index contributed by atoms with van der Waals surface area (Å²) in [5, 5.41) is 9.95. The molecule has 0 N–H and O–H groups in total. The predicted octanol–water partition coefficient (Wildman–Crippen LogP) is 3.36. The smallest absolute Gasteiger partial charge is 0.297 e. The Balaban J connectivity index is 1.79. The topological polar surface area (TPSA) is 98.4 Å². The normalized spacial score (nSPS) is 15.6. The van der Waals surface area contributed by atoms with E-state index in [4.69, 9.17) is 9.15 Å². The van der Waals surface area contributed by atoms with E-state index < -0.39 is 11.9 Å². The van der Waals surface area contributed by atoms with Crippen LogP contribution < -0.4 is 15.1 Å². The van der Waals surface area contributed by atoms with Gasteiger partial charge in [0.05, 0.1) is 24.1 Å². The van der Waals surface area contributed by atoms with Crippen molar-refractivity contribution in [2.45, 2.75) is 19.4 Å². The van der Waals surface area contributed by atoms with E-state index in [0.29, 0.717) is 28.3 Å². The first-order chi connectivity index (χ1) is 14.6. The highest BCUT2D eigenvalue weighted by Crippen LogP contribution is 2.42. The zero-order valence-corrected chi connectivity index (χ0v) is 17.0. The lowest BCUT2D eigenvalue weighted by molar-refractivity contribution is 0.0970. The van der Waals surface area contributed by atoms with E-state index in [1.165, 1.54) is 23.3 Å². The molecule has 9 heteroatoms. The van der Waals surface area contributed by atoms with Crippen LogP contribution in [0.15, 0.2) is 51.9 Å². The Morgan fingerprint density at radius 1 is 1.17 bits per heavy atom. The molecule has 0 spiro atoms. The van der Waals surface area contributed by atoms with Gasteiger partial charge in [-0.15, -0.1) is 10.2 Å². The zero-order valence-electron chi connectivity index (χ0n) is 16.2. The minimum absolute atomic E-state index is 0.0100. The summed E-state index contributed by atoms with van der Waals surface area (Å²) in [5.74, 6) is 0.124. The Labute approximate surface area is 174 Å². The summed E-state index contributed by atoms with van der Waals surface area (Å²) in [4.78, 5) is 32.4. The van der Waals surface area contributed by atoms with Gasteiger partial charge in [0.25, 0.3) is 5.91 Å². The maximum atomic E-state index is 13.5. The van der Waals surface area contributed by atoms with Gasteiger partial charge in [-0.1, -0.05) is 18.3 Å². The lowest BCUT2D eigenvalue weighted by atomic mass is 9.99. The summed E-state index contributed by atoms with van der Waals surface area (Å²) in [5.41, 5.74) is 1.07. The molecule has 1 aromatic carbocycles. The Bertz CT molecular complexity index is 1330. The molecule has 0 radical (unpaired) electrons. The molecule has 0 aliphatic carbocycles. The molecule has 0 fully saturated rings. The number of nitrogens with zero attached hydrogens (tertiary/aromatic N) is 4. The lowest BCUT2D eigenvalue weighted by Gasteiger charge is -2.21. The number of ether oxygens (including phenoxy) is 1. The van der Waals surface area contributed by atoms with Crippen LogP contribution >= 0.6 is 11.3 Å². The van der Waals surface area contributed by atoms with Crippen LogP contribution in [0.1, 0.15) is 39.7 Å². The molecule has 0 saturated carbocycles. The molecule has 1 aliphatic rings. The number of rotatable bonds is 4. The average Bonchev–Trinajstić information content (AvgIpc) is 3.37. The van der Waals surface area contributed by atoms with Crippen molar-refractivity contribution in [1.29, 1.82) is 0 Å². The molecule has 1 atom stereocenters. The second-order valence-electron chi connectivity index (χ2n) is 6.73. The second-order valence-corrected chi connectivity index (χ2v) is 7.77. The first-order valence-electron chi connectivity index (χ1n) is 9.33. The molecule has 5 rings (SSSR count). The second kappa shape index (κ2) is 7.03. The third-order valence-electron chi connectivity index (χ3n) is 5.07. The Hall–Kier alpha value is -3.59. The van der Waals surface area contributed by atoms with Crippen molar-refractivity contribution in [1.82, 2.24) is 15.2 Å². The van der Waals surface area contributed by atoms with E-state index >= 15 is 0 Å². The maximum absolute atomic E-state index is 13.5. The molecule has 4 aromatic rings. The third kappa shape index (κ3) is 2.70. The van der Waals surface area contributed by atoms with Gasteiger partial charge in [-0.3, -0.25) is 19.5 Å². The molecular weight excluding hydrogens is 404 g/mol. The minimum atomic E-state index is -0.670. The lowest BCUT2D eigenvalue weighted by Crippen LogP contribution is -2.29. The number of aromatic nitrogens is 3. The van der Waals surface area contributed by atoms with Gasteiger partial charge in [-0.25, -0.2) is 0 Å². The number of hydrogen-bond donors (Lipinski definition) is 0. The summed E-state index contributed by atoms with van der Waals surface area (Å²) < 4.78 is 11.2. The fourth-order valence-electron chi connectivity index (χ4n) is 3.62. The number of pyridine rings is 1. The molecular formula is C21H16N4O4S. The SMILES string of the molecule is CCc1nnc(N2C(=O)c3oc4cc(OC)ccc4c(=O)c3C2c2ccncc2)s1. The van der Waals surface area contributed by atoms with Crippen molar-refractivity contribution < 1.29 is 13.9 Å². The number of aryl methyl sites for hydroxylation is 1. The molecule has 1 amide bonds. The van der Waals surface area contributed by atoms with E-state index in [9.17, 15) is 9.59 Å².